The van der Waals surface area contributed by atoms with E-state index in [2.05, 4.69) is 15.0 Å². The number of fused-ring (bicyclic) bond motifs is 1. The zero-order chi connectivity index (χ0) is 16.5. The van der Waals surface area contributed by atoms with E-state index in [4.69, 9.17) is 9.72 Å². The number of piperidine rings is 1. The smallest absolute Gasteiger partial charge is 0.188 e. The van der Waals surface area contributed by atoms with Crippen LogP contribution in [0.1, 0.15) is 24.2 Å². The highest BCUT2D eigenvalue weighted by Crippen LogP contribution is 2.32. The van der Waals surface area contributed by atoms with Crippen molar-refractivity contribution in [1.82, 2.24) is 19.7 Å². The maximum atomic E-state index is 6.08. The lowest BCUT2D eigenvalue weighted by Gasteiger charge is -2.32. The number of thiazole rings is 1. The lowest BCUT2D eigenvalue weighted by molar-refractivity contribution is 0.0298. The van der Waals surface area contributed by atoms with Gasteiger partial charge in [0.1, 0.15) is 0 Å². The topological polar surface area (TPSA) is 56.1 Å². The van der Waals surface area contributed by atoms with E-state index in [0.717, 1.165) is 48.1 Å². The minimum absolute atomic E-state index is 0.229. The zero-order valence-corrected chi connectivity index (χ0v) is 14.8. The molecular formula is C17H21N5OS. The van der Waals surface area contributed by atoms with Gasteiger partial charge in [-0.1, -0.05) is 17.4 Å². The molecule has 3 aromatic rings. The van der Waals surface area contributed by atoms with Crippen molar-refractivity contribution in [2.45, 2.75) is 32.5 Å². The molecule has 1 atom stereocenters. The molecule has 6 nitrogen and oxygen atoms in total. The lowest BCUT2D eigenvalue weighted by atomic mass is 10.1. The number of hydrogen-bond acceptors (Lipinski definition) is 6. The Hall–Kier alpha value is -1.99. The summed E-state index contributed by atoms with van der Waals surface area (Å²) < 4.78 is 9.13. The highest BCUT2D eigenvalue weighted by Gasteiger charge is 2.24. The SMILES string of the molecule is Cc1nn(C)c2nc(N3CCC[C@@H](OCc4ccccn4)C3)sc12. The first-order valence-electron chi connectivity index (χ1n) is 8.27. The van der Waals surface area contributed by atoms with Crippen molar-refractivity contribution in [1.29, 1.82) is 0 Å². The van der Waals surface area contributed by atoms with Crippen molar-refractivity contribution in [3.05, 3.63) is 35.8 Å². The highest BCUT2D eigenvalue weighted by atomic mass is 32.1. The Kier molecular flexibility index (Phi) is 4.20. The molecule has 0 N–H and O–H groups in total. The highest BCUT2D eigenvalue weighted by molar-refractivity contribution is 7.22. The van der Waals surface area contributed by atoms with E-state index < -0.39 is 0 Å². The minimum Gasteiger partial charge on any atom is -0.370 e. The number of anilines is 1. The van der Waals surface area contributed by atoms with Crippen LogP contribution in [0.2, 0.25) is 0 Å². The second-order valence-corrected chi connectivity index (χ2v) is 7.18. The first-order chi connectivity index (χ1) is 11.7. The second-order valence-electron chi connectivity index (χ2n) is 6.20. The van der Waals surface area contributed by atoms with Gasteiger partial charge in [-0.25, -0.2) is 9.67 Å². The number of hydrogen-bond donors (Lipinski definition) is 0. The Morgan fingerprint density at radius 2 is 2.29 bits per heavy atom. The fraction of sp³-hybridized carbons (Fsp3) is 0.471. The molecular weight excluding hydrogens is 322 g/mol. The van der Waals surface area contributed by atoms with E-state index in [1.807, 2.05) is 43.0 Å². The molecule has 0 unspecified atom stereocenters. The molecule has 0 amide bonds. The second kappa shape index (κ2) is 6.49. The first-order valence-corrected chi connectivity index (χ1v) is 9.09. The molecule has 1 fully saturated rings. The molecule has 1 aliphatic rings. The van der Waals surface area contributed by atoms with Gasteiger partial charge in [0.25, 0.3) is 0 Å². The third kappa shape index (κ3) is 3.01. The molecule has 0 bridgehead atoms. The van der Waals surface area contributed by atoms with Crippen molar-refractivity contribution in [2.75, 3.05) is 18.0 Å². The molecule has 0 saturated carbocycles. The van der Waals surface area contributed by atoms with Gasteiger partial charge in [-0.15, -0.1) is 0 Å². The van der Waals surface area contributed by atoms with Gasteiger partial charge in [0.05, 0.1) is 28.8 Å². The molecule has 7 heteroatoms. The van der Waals surface area contributed by atoms with Gasteiger partial charge in [0, 0.05) is 26.3 Å². The Bertz CT molecular complexity index is 794. The van der Waals surface area contributed by atoms with Crippen LogP contribution in [0.25, 0.3) is 10.3 Å². The van der Waals surface area contributed by atoms with Gasteiger partial charge < -0.3 is 9.64 Å². The van der Waals surface area contributed by atoms with Crippen molar-refractivity contribution in [2.24, 2.45) is 7.05 Å². The number of pyridine rings is 1. The summed E-state index contributed by atoms with van der Waals surface area (Å²) in [7, 11) is 1.95. The van der Waals surface area contributed by atoms with Gasteiger partial charge in [0.15, 0.2) is 10.8 Å². The molecule has 0 aliphatic carbocycles. The van der Waals surface area contributed by atoms with Gasteiger partial charge in [-0.3, -0.25) is 4.98 Å². The predicted molar refractivity (Wildman–Crippen MR) is 95.4 cm³/mol. The van der Waals surface area contributed by atoms with E-state index in [9.17, 15) is 0 Å². The summed E-state index contributed by atoms with van der Waals surface area (Å²) in [5, 5.41) is 5.50. The van der Waals surface area contributed by atoms with Crippen LogP contribution in [0.4, 0.5) is 5.13 Å². The van der Waals surface area contributed by atoms with E-state index in [1.54, 1.807) is 11.3 Å². The van der Waals surface area contributed by atoms with Crippen LogP contribution in [0.3, 0.4) is 0 Å². The fourth-order valence-corrected chi connectivity index (χ4v) is 4.21. The Morgan fingerprint density at radius 3 is 3.08 bits per heavy atom. The standard InChI is InChI=1S/C17H21N5OS/c1-12-15-16(21(2)20-12)19-17(24-15)22-9-5-7-14(10-22)23-11-13-6-3-4-8-18-13/h3-4,6,8,14H,5,7,9-11H2,1-2H3/t14-/m1/s1. The van der Waals surface area contributed by atoms with Gasteiger partial charge >= 0.3 is 0 Å². The predicted octanol–water partition coefficient (Wildman–Crippen LogP) is 2.92. The monoisotopic (exact) mass is 343 g/mol. The van der Waals surface area contributed by atoms with Crippen molar-refractivity contribution >= 4 is 26.8 Å². The summed E-state index contributed by atoms with van der Waals surface area (Å²) >= 11 is 1.73. The quantitative estimate of drug-likeness (QED) is 0.729. The Labute approximate surface area is 145 Å². The third-order valence-electron chi connectivity index (χ3n) is 4.37. The number of aryl methyl sites for hydroxylation is 2. The molecule has 1 saturated heterocycles. The number of nitrogens with zero attached hydrogens (tertiary/aromatic N) is 5. The van der Waals surface area contributed by atoms with E-state index in [0.29, 0.717) is 6.61 Å². The molecule has 3 aromatic heterocycles. The van der Waals surface area contributed by atoms with Crippen molar-refractivity contribution in [3.63, 3.8) is 0 Å². The average Bonchev–Trinajstić information content (AvgIpc) is 3.16. The number of ether oxygens (including phenoxy) is 1. The van der Waals surface area contributed by atoms with Crippen LogP contribution < -0.4 is 4.90 Å². The van der Waals surface area contributed by atoms with Crippen LogP contribution in [0, 0.1) is 6.92 Å². The zero-order valence-electron chi connectivity index (χ0n) is 14.0. The summed E-state index contributed by atoms with van der Waals surface area (Å²) in [5.41, 5.74) is 3.01. The fourth-order valence-electron chi connectivity index (χ4n) is 3.14. The van der Waals surface area contributed by atoms with Gasteiger partial charge in [0.2, 0.25) is 0 Å². The molecule has 4 heterocycles. The van der Waals surface area contributed by atoms with Crippen LogP contribution in [0.15, 0.2) is 24.4 Å². The van der Waals surface area contributed by atoms with Crippen molar-refractivity contribution < 1.29 is 4.74 Å². The van der Waals surface area contributed by atoms with Gasteiger partial charge in [-0.05, 0) is 31.9 Å². The van der Waals surface area contributed by atoms with Crippen LogP contribution in [0.5, 0.6) is 0 Å². The molecule has 0 aromatic carbocycles. The molecule has 126 valence electrons. The maximum absolute atomic E-state index is 6.08. The summed E-state index contributed by atoms with van der Waals surface area (Å²) in [6, 6.07) is 5.93. The summed E-state index contributed by atoms with van der Waals surface area (Å²) in [4.78, 5) is 11.5. The van der Waals surface area contributed by atoms with E-state index in [1.165, 1.54) is 4.70 Å². The average molecular weight is 343 g/mol. The largest absolute Gasteiger partial charge is 0.370 e. The summed E-state index contributed by atoms with van der Waals surface area (Å²) in [5.74, 6) is 0. The third-order valence-corrected chi connectivity index (χ3v) is 5.59. The minimum atomic E-state index is 0.229. The Morgan fingerprint density at radius 1 is 1.38 bits per heavy atom. The molecule has 4 rings (SSSR count). The first kappa shape index (κ1) is 15.5. The summed E-state index contributed by atoms with van der Waals surface area (Å²) in [6.07, 6.45) is 4.25. The molecule has 0 radical (unpaired) electrons. The Balaban J connectivity index is 1.44. The lowest BCUT2D eigenvalue weighted by Crippen LogP contribution is -2.39. The van der Waals surface area contributed by atoms with E-state index >= 15 is 0 Å². The van der Waals surface area contributed by atoms with Crippen LogP contribution in [-0.2, 0) is 18.4 Å². The summed E-state index contributed by atoms with van der Waals surface area (Å²) in [6.45, 7) is 4.54. The van der Waals surface area contributed by atoms with Crippen LogP contribution in [-0.4, -0.2) is 38.9 Å². The molecule has 24 heavy (non-hydrogen) atoms. The molecule has 1 aliphatic heterocycles. The number of aromatic nitrogens is 4. The van der Waals surface area contributed by atoms with Crippen molar-refractivity contribution in [3.8, 4) is 0 Å². The maximum Gasteiger partial charge on any atom is 0.188 e. The number of rotatable bonds is 4. The van der Waals surface area contributed by atoms with E-state index in [-0.39, 0.29) is 6.10 Å². The van der Waals surface area contributed by atoms with Crippen LogP contribution >= 0.6 is 11.3 Å². The van der Waals surface area contributed by atoms with Gasteiger partial charge in [-0.2, -0.15) is 5.10 Å². The normalized spacial score (nSPS) is 18.4. The molecule has 0 spiro atoms.